The van der Waals surface area contributed by atoms with Gasteiger partial charge in [0.05, 0.1) is 12.7 Å². The molecule has 2 nitrogen and oxygen atoms in total. The highest BCUT2D eigenvalue weighted by atomic mass is 16.5. The Morgan fingerprint density at radius 3 is 2.25 bits per heavy atom. The molecule has 0 aliphatic carbocycles. The molecule has 2 heteroatoms. The molecule has 0 bridgehead atoms. The summed E-state index contributed by atoms with van der Waals surface area (Å²) in [5.41, 5.74) is 5.64. The molecule has 0 unspecified atom stereocenters. The Bertz CT molecular complexity index is 74.6. The average molecular weight is 115 g/mol. The van der Waals surface area contributed by atoms with E-state index >= 15 is 0 Å². The summed E-state index contributed by atoms with van der Waals surface area (Å²) in [6.07, 6.45) is 0.366. The number of hydrogen-bond donors (Lipinski definition) is 1. The van der Waals surface area contributed by atoms with Crippen molar-refractivity contribution in [2.24, 2.45) is 11.7 Å². The molecule has 1 fully saturated rings. The highest BCUT2D eigenvalue weighted by Gasteiger charge is 2.26. The molecular weight excluding hydrogens is 102 g/mol. The summed E-state index contributed by atoms with van der Waals surface area (Å²) >= 11 is 0. The van der Waals surface area contributed by atoms with Crippen LogP contribution in [-0.2, 0) is 4.74 Å². The van der Waals surface area contributed by atoms with Gasteiger partial charge in [0.2, 0.25) is 0 Å². The van der Waals surface area contributed by atoms with Gasteiger partial charge < -0.3 is 10.5 Å². The van der Waals surface area contributed by atoms with Crippen molar-refractivity contribution in [3.8, 4) is 0 Å². The Hall–Kier alpha value is -0.0800. The minimum absolute atomic E-state index is 0.269. The van der Waals surface area contributed by atoms with Crippen molar-refractivity contribution >= 4 is 0 Å². The topological polar surface area (TPSA) is 35.2 Å². The molecule has 0 saturated carbocycles. The van der Waals surface area contributed by atoms with Gasteiger partial charge in [-0.1, -0.05) is 6.92 Å². The van der Waals surface area contributed by atoms with Crippen molar-refractivity contribution < 1.29 is 4.74 Å². The summed E-state index contributed by atoms with van der Waals surface area (Å²) < 4.78 is 5.25. The van der Waals surface area contributed by atoms with Gasteiger partial charge in [-0.2, -0.15) is 0 Å². The molecule has 1 aliphatic rings. The average Bonchev–Trinajstić information content (AvgIpc) is 1.98. The summed E-state index contributed by atoms with van der Waals surface area (Å²) in [5.74, 6) is 0.537. The highest BCUT2D eigenvalue weighted by molar-refractivity contribution is 4.79. The molecule has 1 heterocycles. The first-order chi connectivity index (χ1) is 3.72. The van der Waals surface area contributed by atoms with Crippen molar-refractivity contribution in [3.63, 3.8) is 0 Å². The fourth-order valence-electron chi connectivity index (χ4n) is 0.915. The monoisotopic (exact) mass is 115 g/mol. The smallest absolute Gasteiger partial charge is 0.0624 e. The van der Waals surface area contributed by atoms with Crippen LogP contribution in [0.25, 0.3) is 0 Å². The van der Waals surface area contributed by atoms with E-state index in [0.29, 0.717) is 12.0 Å². The fraction of sp³-hybridized carbons (Fsp3) is 1.00. The molecule has 8 heavy (non-hydrogen) atoms. The van der Waals surface area contributed by atoms with Gasteiger partial charge in [-0.25, -0.2) is 0 Å². The van der Waals surface area contributed by atoms with Gasteiger partial charge in [-0.3, -0.25) is 0 Å². The number of rotatable bonds is 0. The summed E-state index contributed by atoms with van der Waals surface area (Å²) in [4.78, 5) is 0. The molecule has 1 aliphatic heterocycles. The van der Waals surface area contributed by atoms with Crippen LogP contribution in [0.15, 0.2) is 0 Å². The minimum atomic E-state index is 0.269. The van der Waals surface area contributed by atoms with Crippen LogP contribution in [0.1, 0.15) is 13.8 Å². The van der Waals surface area contributed by atoms with E-state index in [1.807, 2.05) is 0 Å². The zero-order chi connectivity index (χ0) is 6.15. The fourth-order valence-corrected chi connectivity index (χ4v) is 0.915. The molecule has 48 valence electrons. The largest absolute Gasteiger partial charge is 0.377 e. The van der Waals surface area contributed by atoms with Crippen molar-refractivity contribution in [3.05, 3.63) is 0 Å². The standard InChI is InChI=1S/C6H13NO/c1-4-5(2)8-3-6(4)7/h4-6H,3,7H2,1-2H3/t4-,5+,6-/m1/s1. The molecular formula is C6H13NO. The molecule has 0 radical (unpaired) electrons. The van der Waals surface area contributed by atoms with Crippen LogP contribution in [-0.4, -0.2) is 18.8 Å². The lowest BCUT2D eigenvalue weighted by Crippen LogP contribution is -2.28. The van der Waals surface area contributed by atoms with E-state index in [2.05, 4.69) is 13.8 Å². The van der Waals surface area contributed by atoms with Crippen LogP contribution in [0.2, 0.25) is 0 Å². The molecule has 0 spiro atoms. The Kier molecular flexibility index (Phi) is 1.54. The summed E-state index contributed by atoms with van der Waals surface area (Å²) in [6.45, 7) is 4.93. The second-order valence-corrected chi connectivity index (χ2v) is 2.56. The quantitative estimate of drug-likeness (QED) is 0.495. The second-order valence-electron chi connectivity index (χ2n) is 2.56. The lowest BCUT2D eigenvalue weighted by molar-refractivity contribution is 0.109. The number of nitrogens with two attached hydrogens (primary N) is 1. The first-order valence-electron chi connectivity index (χ1n) is 3.09. The molecule has 1 saturated heterocycles. The zero-order valence-electron chi connectivity index (χ0n) is 5.42. The van der Waals surface area contributed by atoms with Crippen molar-refractivity contribution in [2.45, 2.75) is 26.0 Å². The molecule has 0 aromatic rings. The summed E-state index contributed by atoms with van der Waals surface area (Å²) in [6, 6.07) is 0.269. The maximum absolute atomic E-state index is 5.64. The van der Waals surface area contributed by atoms with E-state index in [9.17, 15) is 0 Å². The van der Waals surface area contributed by atoms with Gasteiger partial charge in [-0.05, 0) is 12.8 Å². The highest BCUT2D eigenvalue weighted by Crippen LogP contribution is 2.17. The summed E-state index contributed by atoms with van der Waals surface area (Å²) in [7, 11) is 0. The third-order valence-electron chi connectivity index (χ3n) is 1.97. The van der Waals surface area contributed by atoms with Crippen LogP contribution in [0.4, 0.5) is 0 Å². The molecule has 1 rings (SSSR count). The van der Waals surface area contributed by atoms with E-state index in [1.54, 1.807) is 0 Å². The molecule has 0 amide bonds. The van der Waals surface area contributed by atoms with Gasteiger partial charge in [-0.15, -0.1) is 0 Å². The first kappa shape index (κ1) is 6.05. The van der Waals surface area contributed by atoms with Crippen molar-refractivity contribution in [1.82, 2.24) is 0 Å². The van der Waals surface area contributed by atoms with Gasteiger partial charge >= 0.3 is 0 Å². The Morgan fingerprint density at radius 1 is 1.50 bits per heavy atom. The normalized spacial score (nSPS) is 47.6. The lowest BCUT2D eigenvalue weighted by Gasteiger charge is -2.09. The van der Waals surface area contributed by atoms with Gasteiger partial charge in [0.25, 0.3) is 0 Å². The molecule has 2 N–H and O–H groups in total. The van der Waals surface area contributed by atoms with E-state index in [4.69, 9.17) is 10.5 Å². The minimum Gasteiger partial charge on any atom is -0.377 e. The molecule has 3 atom stereocenters. The predicted octanol–water partition coefficient (Wildman–Crippen LogP) is 0.368. The second kappa shape index (κ2) is 2.03. The molecule has 0 aromatic carbocycles. The van der Waals surface area contributed by atoms with Crippen molar-refractivity contribution in [1.29, 1.82) is 0 Å². The van der Waals surface area contributed by atoms with Crippen LogP contribution < -0.4 is 5.73 Å². The van der Waals surface area contributed by atoms with Crippen LogP contribution in [0.5, 0.6) is 0 Å². The van der Waals surface area contributed by atoms with E-state index in [1.165, 1.54) is 0 Å². The van der Waals surface area contributed by atoms with Crippen LogP contribution in [0.3, 0.4) is 0 Å². The third kappa shape index (κ3) is 0.858. The van der Waals surface area contributed by atoms with Crippen molar-refractivity contribution in [2.75, 3.05) is 6.61 Å². The number of ether oxygens (including phenoxy) is 1. The Morgan fingerprint density at radius 2 is 2.12 bits per heavy atom. The van der Waals surface area contributed by atoms with E-state index in [-0.39, 0.29) is 6.04 Å². The van der Waals surface area contributed by atoms with Gasteiger partial charge in [0.1, 0.15) is 0 Å². The van der Waals surface area contributed by atoms with E-state index in [0.717, 1.165) is 6.61 Å². The third-order valence-corrected chi connectivity index (χ3v) is 1.97. The Labute approximate surface area is 50.0 Å². The van der Waals surface area contributed by atoms with Gasteiger partial charge in [0, 0.05) is 6.04 Å². The van der Waals surface area contributed by atoms with E-state index < -0.39 is 0 Å². The molecule has 0 aromatic heterocycles. The maximum Gasteiger partial charge on any atom is 0.0624 e. The van der Waals surface area contributed by atoms with Gasteiger partial charge in [0.15, 0.2) is 0 Å². The maximum atomic E-state index is 5.64. The van der Waals surface area contributed by atoms with Crippen LogP contribution in [0, 0.1) is 5.92 Å². The predicted molar refractivity (Wildman–Crippen MR) is 32.6 cm³/mol. The SMILES string of the molecule is C[C@H]1[C@H](N)CO[C@H]1C. The summed E-state index contributed by atoms with van der Waals surface area (Å²) in [5, 5.41) is 0. The lowest BCUT2D eigenvalue weighted by atomic mass is 10.0. The Balaban J connectivity index is 2.44. The number of hydrogen-bond acceptors (Lipinski definition) is 2. The zero-order valence-corrected chi connectivity index (χ0v) is 5.42. The first-order valence-corrected chi connectivity index (χ1v) is 3.09. The van der Waals surface area contributed by atoms with Crippen LogP contribution >= 0.6 is 0 Å².